The van der Waals surface area contributed by atoms with Gasteiger partial charge in [0, 0.05) is 6.54 Å². The first-order valence-corrected chi connectivity index (χ1v) is 6.79. The summed E-state index contributed by atoms with van der Waals surface area (Å²) in [6.45, 7) is 10.8. The summed E-state index contributed by atoms with van der Waals surface area (Å²) in [5.41, 5.74) is 1.03. The molecule has 1 aliphatic rings. The molecule has 1 fully saturated rings. The van der Waals surface area contributed by atoms with E-state index in [9.17, 15) is 0 Å². The molecule has 2 rings (SSSR count). The summed E-state index contributed by atoms with van der Waals surface area (Å²) < 4.78 is 0. The Kier molecular flexibility index (Phi) is 3.92. The monoisotopic (exact) mass is 276 g/mol. The van der Waals surface area contributed by atoms with Crippen molar-refractivity contribution in [2.45, 2.75) is 32.5 Å². The van der Waals surface area contributed by atoms with Gasteiger partial charge in [-0.3, -0.25) is 0 Å². The molecule has 0 bridgehead atoms. The van der Waals surface area contributed by atoms with Crippen LogP contribution in [0.15, 0.2) is 43.0 Å². The second kappa shape index (κ2) is 5.31. The van der Waals surface area contributed by atoms with Gasteiger partial charge in [-0.1, -0.05) is 36.4 Å². The van der Waals surface area contributed by atoms with Gasteiger partial charge >= 0.3 is 0 Å². The molecule has 0 amide bonds. The minimum atomic E-state index is -0.138. The van der Waals surface area contributed by atoms with Gasteiger partial charge < -0.3 is 9.74 Å². The zero-order valence-corrected chi connectivity index (χ0v) is 12.5. The normalized spacial score (nSPS) is 20.5. The fraction of sp³-hybridized carbons (Fsp3) is 0.400. The maximum atomic E-state index is 5.80. The summed E-state index contributed by atoms with van der Waals surface area (Å²) in [5, 5.41) is 2.46. The van der Waals surface area contributed by atoms with Crippen molar-refractivity contribution in [3.05, 3.63) is 48.6 Å². The molecule has 3 nitrogen and oxygen atoms in total. The summed E-state index contributed by atoms with van der Waals surface area (Å²) in [7, 11) is 0. The van der Waals surface area contributed by atoms with Gasteiger partial charge in [0.2, 0.25) is 0 Å². The highest BCUT2D eigenvalue weighted by atomic mass is 32.1. The van der Waals surface area contributed by atoms with E-state index in [2.05, 4.69) is 39.5 Å². The predicted molar refractivity (Wildman–Crippen MR) is 81.4 cm³/mol. The maximum Gasteiger partial charge on any atom is 0.283 e. The van der Waals surface area contributed by atoms with Crippen molar-refractivity contribution in [1.82, 2.24) is 9.96 Å². The number of hydroxylamine groups is 2. The Balaban J connectivity index is 2.41. The van der Waals surface area contributed by atoms with Crippen molar-refractivity contribution in [3.63, 3.8) is 0 Å². The lowest BCUT2D eigenvalue weighted by atomic mass is 10.0. The van der Waals surface area contributed by atoms with Gasteiger partial charge in [-0.25, -0.2) is 0 Å². The minimum Gasteiger partial charge on any atom is -0.372 e. The van der Waals surface area contributed by atoms with Gasteiger partial charge in [0.1, 0.15) is 6.17 Å². The molecule has 1 aromatic carbocycles. The van der Waals surface area contributed by atoms with Crippen LogP contribution in [0.4, 0.5) is 0 Å². The van der Waals surface area contributed by atoms with Crippen molar-refractivity contribution in [3.8, 4) is 0 Å². The van der Waals surface area contributed by atoms with Gasteiger partial charge in [0.15, 0.2) is 0 Å². The molecule has 1 aliphatic heterocycles. The largest absolute Gasteiger partial charge is 0.372 e. The van der Waals surface area contributed by atoms with Crippen LogP contribution < -0.4 is 0 Å². The predicted octanol–water partition coefficient (Wildman–Crippen LogP) is 3.50. The average molecular weight is 276 g/mol. The van der Waals surface area contributed by atoms with Crippen LogP contribution in [-0.2, 0) is 4.84 Å². The zero-order valence-electron chi connectivity index (χ0n) is 11.7. The van der Waals surface area contributed by atoms with E-state index >= 15 is 0 Å². The lowest BCUT2D eigenvalue weighted by molar-refractivity contribution is -0.153. The van der Waals surface area contributed by atoms with Crippen LogP contribution in [0.5, 0.6) is 0 Å². The van der Waals surface area contributed by atoms with E-state index in [1.54, 1.807) is 0 Å². The van der Waals surface area contributed by atoms with Crippen molar-refractivity contribution in [2.75, 3.05) is 6.54 Å². The van der Waals surface area contributed by atoms with E-state index in [0.29, 0.717) is 11.7 Å². The highest BCUT2D eigenvalue weighted by molar-refractivity contribution is 7.80. The molecule has 0 radical (unpaired) electrons. The first-order chi connectivity index (χ1) is 8.95. The van der Waals surface area contributed by atoms with Crippen LogP contribution in [-0.4, -0.2) is 27.2 Å². The number of hydrogen-bond donors (Lipinski definition) is 0. The summed E-state index contributed by atoms with van der Waals surface area (Å²) in [6.07, 6.45) is 1.84. The van der Waals surface area contributed by atoms with E-state index in [0.717, 1.165) is 0 Å². The number of nitrogens with zero attached hydrogens (tertiary/aromatic N) is 2. The molecule has 4 heteroatoms. The Labute approximate surface area is 120 Å². The van der Waals surface area contributed by atoms with E-state index < -0.39 is 0 Å². The van der Waals surface area contributed by atoms with Crippen LogP contribution >= 0.6 is 12.2 Å². The van der Waals surface area contributed by atoms with Gasteiger partial charge in [-0.15, -0.1) is 11.6 Å². The van der Waals surface area contributed by atoms with E-state index in [1.165, 1.54) is 5.56 Å². The molecule has 102 valence electrons. The van der Waals surface area contributed by atoms with Crippen molar-refractivity contribution >= 4 is 17.4 Å². The fourth-order valence-corrected chi connectivity index (χ4v) is 2.43. The second-order valence-corrected chi connectivity index (χ2v) is 5.93. The molecule has 0 aromatic heterocycles. The van der Waals surface area contributed by atoms with Crippen LogP contribution in [0.1, 0.15) is 32.5 Å². The lowest BCUT2D eigenvalue weighted by Crippen LogP contribution is -2.42. The first kappa shape index (κ1) is 14.0. The van der Waals surface area contributed by atoms with Crippen LogP contribution in [0, 0.1) is 0 Å². The SMILES string of the molecule is C=CCN1C(=S)ON(C(C)(C)C)C1c1ccccc1. The van der Waals surface area contributed by atoms with E-state index in [-0.39, 0.29) is 11.7 Å². The molecule has 0 spiro atoms. The van der Waals surface area contributed by atoms with Gasteiger partial charge in [0.25, 0.3) is 5.17 Å². The summed E-state index contributed by atoms with van der Waals surface area (Å²) in [4.78, 5) is 7.85. The fourth-order valence-electron chi connectivity index (χ4n) is 2.17. The molecule has 1 atom stereocenters. The molecule has 1 aromatic rings. The second-order valence-electron chi connectivity index (χ2n) is 5.58. The molecular weight excluding hydrogens is 256 g/mol. The standard InChI is InChI=1S/C15H20N2OS/c1-5-11-16-13(12-9-7-6-8-10-12)17(15(2,3)4)18-14(16)19/h5-10,13H,1,11H2,2-4H3. The number of benzene rings is 1. The van der Waals surface area contributed by atoms with Gasteiger partial charge in [-0.2, -0.15) is 0 Å². The summed E-state index contributed by atoms with van der Waals surface area (Å²) in [6, 6.07) is 10.3. The molecule has 0 aliphatic carbocycles. The topological polar surface area (TPSA) is 15.7 Å². The Morgan fingerprint density at radius 2 is 1.95 bits per heavy atom. The van der Waals surface area contributed by atoms with E-state index in [4.69, 9.17) is 17.1 Å². The molecule has 0 N–H and O–H groups in total. The lowest BCUT2D eigenvalue weighted by Gasteiger charge is -2.35. The molecule has 1 heterocycles. The highest BCUT2D eigenvalue weighted by Crippen LogP contribution is 2.37. The van der Waals surface area contributed by atoms with Crippen molar-refractivity contribution < 1.29 is 4.84 Å². The third kappa shape index (κ3) is 2.80. The van der Waals surface area contributed by atoms with Crippen LogP contribution in [0.3, 0.4) is 0 Å². The Bertz CT molecular complexity index is 467. The number of thiocarbonyl (C=S) groups is 1. The van der Waals surface area contributed by atoms with Gasteiger partial charge in [-0.05, 0) is 38.6 Å². The Hall–Kier alpha value is -1.39. The number of rotatable bonds is 3. The maximum absolute atomic E-state index is 5.80. The molecule has 1 saturated heterocycles. The van der Waals surface area contributed by atoms with E-state index in [1.807, 2.05) is 34.2 Å². The van der Waals surface area contributed by atoms with Crippen LogP contribution in [0.2, 0.25) is 0 Å². The molecule has 1 unspecified atom stereocenters. The smallest absolute Gasteiger partial charge is 0.283 e. The van der Waals surface area contributed by atoms with Crippen LogP contribution in [0.25, 0.3) is 0 Å². The quantitative estimate of drug-likeness (QED) is 0.620. The minimum absolute atomic E-state index is 0.00769. The highest BCUT2D eigenvalue weighted by Gasteiger charge is 2.43. The Morgan fingerprint density at radius 3 is 2.47 bits per heavy atom. The average Bonchev–Trinajstić information content (AvgIpc) is 2.69. The van der Waals surface area contributed by atoms with Gasteiger partial charge in [0.05, 0.1) is 5.54 Å². The zero-order chi connectivity index (χ0) is 14.0. The third-order valence-corrected chi connectivity index (χ3v) is 3.32. The molecular formula is C15H20N2OS. The number of hydrogen-bond acceptors (Lipinski definition) is 3. The Morgan fingerprint density at radius 1 is 1.32 bits per heavy atom. The molecule has 19 heavy (non-hydrogen) atoms. The van der Waals surface area contributed by atoms with Crippen molar-refractivity contribution in [1.29, 1.82) is 0 Å². The summed E-state index contributed by atoms with van der Waals surface area (Å²) in [5.74, 6) is 0. The van der Waals surface area contributed by atoms with Crippen molar-refractivity contribution in [2.24, 2.45) is 0 Å². The molecule has 0 saturated carbocycles. The summed E-state index contributed by atoms with van der Waals surface area (Å²) >= 11 is 5.34. The third-order valence-electron chi connectivity index (χ3n) is 3.01. The first-order valence-electron chi connectivity index (χ1n) is 6.39.